The Labute approximate surface area is 238 Å². The van der Waals surface area contributed by atoms with Gasteiger partial charge in [0.15, 0.2) is 5.82 Å². The molecule has 3 N–H and O–H groups in total. The summed E-state index contributed by atoms with van der Waals surface area (Å²) in [4.78, 5) is 24.1. The molecule has 0 radical (unpaired) electrons. The van der Waals surface area contributed by atoms with Crippen molar-refractivity contribution in [3.05, 3.63) is 60.4 Å². The predicted molar refractivity (Wildman–Crippen MR) is 159 cm³/mol. The van der Waals surface area contributed by atoms with Gasteiger partial charge in [-0.05, 0) is 49.8 Å². The zero-order valence-electron chi connectivity index (χ0n) is 23.2. The molecule has 11 nitrogen and oxygen atoms in total. The third kappa shape index (κ3) is 6.61. The fraction of sp³-hybridized carbons (Fsp3) is 0.286. The third-order valence-electron chi connectivity index (χ3n) is 6.42. The number of carbonyl (C=O) groups excluding carboxylic acids is 1. The number of nitrogen functional groups attached to an aromatic ring is 1. The Bertz CT molecular complexity index is 1540. The third-order valence-corrected chi connectivity index (χ3v) is 6.55. The smallest absolute Gasteiger partial charge is 0.244 e. The summed E-state index contributed by atoms with van der Waals surface area (Å²) in [7, 11) is 7.16. The Hall–Kier alpha value is -4.35. The first-order chi connectivity index (χ1) is 19.2. The number of methoxy groups -OCH3 is 2. The second-order valence-electron chi connectivity index (χ2n) is 9.25. The highest BCUT2D eigenvalue weighted by Crippen LogP contribution is 2.36. The SMILES string of the molecule is COc1ccc2c(C)nn(-c3ccnc(Nc4cc(N)c(N(C)CCN(C)C/C=C\C(=O)Cl)cc4OC)n3)c2c1. The van der Waals surface area contributed by atoms with E-state index < -0.39 is 5.24 Å². The molecule has 0 spiro atoms. The number of allylic oxidation sites excluding steroid dienone is 1. The summed E-state index contributed by atoms with van der Waals surface area (Å²) in [5.41, 5.74) is 10.2. The lowest BCUT2D eigenvalue weighted by Gasteiger charge is -2.25. The summed E-state index contributed by atoms with van der Waals surface area (Å²) in [6.07, 6.45) is 4.75. The first kappa shape index (κ1) is 28.7. The van der Waals surface area contributed by atoms with E-state index in [1.54, 1.807) is 43.3 Å². The lowest BCUT2D eigenvalue weighted by Crippen LogP contribution is -2.31. The number of benzene rings is 2. The van der Waals surface area contributed by atoms with Gasteiger partial charge in [-0.3, -0.25) is 4.79 Å². The van der Waals surface area contributed by atoms with Crippen molar-refractivity contribution in [2.75, 3.05) is 63.9 Å². The molecule has 210 valence electrons. The summed E-state index contributed by atoms with van der Waals surface area (Å²) in [6.45, 7) is 4.00. The molecule has 0 aliphatic rings. The maximum atomic E-state index is 10.9. The summed E-state index contributed by atoms with van der Waals surface area (Å²) < 4.78 is 12.8. The van der Waals surface area contributed by atoms with Crippen molar-refractivity contribution < 1.29 is 14.3 Å². The molecule has 2 aromatic carbocycles. The van der Waals surface area contributed by atoms with Crippen LogP contribution in [-0.4, -0.2) is 77.8 Å². The number of halogens is 1. The standard InChI is InChI=1S/C28H33ClN8O3/c1-18-20-9-8-19(39-4)15-23(20)37(34-18)27-10-11-31-28(33-27)32-22-16-21(30)24(17-25(22)40-5)36(3)14-13-35(2)12-6-7-26(29)38/h6-11,15-17H,12-14,30H2,1-5H3,(H,31,32,33)/b7-6-. The molecule has 40 heavy (non-hydrogen) atoms. The van der Waals surface area contributed by atoms with E-state index in [0.717, 1.165) is 34.6 Å². The van der Waals surface area contributed by atoms with Crippen LogP contribution in [0.4, 0.5) is 23.0 Å². The van der Waals surface area contributed by atoms with Gasteiger partial charge in [-0.25, -0.2) is 9.67 Å². The molecule has 0 saturated carbocycles. The van der Waals surface area contributed by atoms with Crippen LogP contribution in [0.25, 0.3) is 16.7 Å². The maximum absolute atomic E-state index is 10.9. The Morgan fingerprint density at radius 3 is 2.67 bits per heavy atom. The Balaban J connectivity index is 1.53. The van der Waals surface area contributed by atoms with Crippen LogP contribution in [0.2, 0.25) is 0 Å². The largest absolute Gasteiger partial charge is 0.497 e. The molecule has 2 aromatic heterocycles. The van der Waals surface area contributed by atoms with Gasteiger partial charge in [0.05, 0.1) is 42.5 Å². The second kappa shape index (κ2) is 12.7. The number of likely N-dealkylation sites (N-methyl/N-ethyl adjacent to an activating group) is 2. The minimum atomic E-state index is -0.484. The zero-order valence-corrected chi connectivity index (χ0v) is 23.9. The molecule has 0 fully saturated rings. The molecular weight excluding hydrogens is 532 g/mol. The normalized spacial score (nSPS) is 11.4. The van der Waals surface area contributed by atoms with Crippen LogP contribution < -0.4 is 25.4 Å². The lowest BCUT2D eigenvalue weighted by atomic mass is 10.2. The van der Waals surface area contributed by atoms with Crippen molar-refractivity contribution in [2.24, 2.45) is 0 Å². The Morgan fingerprint density at radius 1 is 1.15 bits per heavy atom. The topological polar surface area (TPSA) is 124 Å². The molecule has 4 aromatic rings. The van der Waals surface area contributed by atoms with Crippen LogP contribution in [0.15, 0.2) is 54.7 Å². The van der Waals surface area contributed by atoms with Gasteiger partial charge in [0.25, 0.3) is 0 Å². The van der Waals surface area contributed by atoms with Crippen molar-refractivity contribution >= 4 is 50.8 Å². The van der Waals surface area contributed by atoms with E-state index >= 15 is 0 Å². The van der Waals surface area contributed by atoms with Gasteiger partial charge >= 0.3 is 0 Å². The van der Waals surface area contributed by atoms with Gasteiger partial charge in [0, 0.05) is 56.5 Å². The molecule has 0 unspecified atom stereocenters. The molecule has 2 heterocycles. The van der Waals surface area contributed by atoms with Gasteiger partial charge in [-0.2, -0.15) is 10.1 Å². The maximum Gasteiger partial charge on any atom is 0.244 e. The molecule has 0 aliphatic carbocycles. The lowest BCUT2D eigenvalue weighted by molar-refractivity contribution is -0.107. The quantitative estimate of drug-likeness (QED) is 0.147. The van der Waals surface area contributed by atoms with E-state index in [-0.39, 0.29) is 0 Å². The molecule has 4 rings (SSSR count). The molecular formula is C28H33ClN8O3. The summed E-state index contributed by atoms with van der Waals surface area (Å²) in [5, 5.41) is 8.44. The van der Waals surface area contributed by atoms with Crippen LogP contribution in [0.5, 0.6) is 11.5 Å². The monoisotopic (exact) mass is 564 g/mol. The predicted octanol–water partition coefficient (Wildman–Crippen LogP) is 4.16. The number of nitrogens with one attached hydrogen (secondary N) is 1. The van der Waals surface area contributed by atoms with Gasteiger partial charge in [0.2, 0.25) is 11.2 Å². The molecule has 0 saturated heterocycles. The summed E-state index contributed by atoms with van der Waals surface area (Å²) >= 11 is 5.35. The molecule has 0 bridgehead atoms. The number of hydrogen-bond acceptors (Lipinski definition) is 10. The number of nitrogens with two attached hydrogens (primary N) is 1. The second-order valence-corrected chi connectivity index (χ2v) is 9.62. The van der Waals surface area contributed by atoms with E-state index in [4.69, 9.17) is 31.8 Å². The van der Waals surface area contributed by atoms with Gasteiger partial charge in [0.1, 0.15) is 11.5 Å². The highest BCUT2D eigenvalue weighted by Gasteiger charge is 2.16. The number of ether oxygens (including phenoxy) is 2. The van der Waals surface area contributed by atoms with Crippen LogP contribution >= 0.6 is 11.6 Å². The van der Waals surface area contributed by atoms with E-state index in [0.29, 0.717) is 42.0 Å². The molecule has 0 aliphatic heterocycles. The van der Waals surface area contributed by atoms with Crippen molar-refractivity contribution in [1.29, 1.82) is 0 Å². The van der Waals surface area contributed by atoms with Crippen LogP contribution in [-0.2, 0) is 4.79 Å². The van der Waals surface area contributed by atoms with Gasteiger partial charge in [-0.1, -0.05) is 6.08 Å². The average molecular weight is 565 g/mol. The number of nitrogens with zero attached hydrogens (tertiary/aromatic N) is 6. The van der Waals surface area contributed by atoms with Gasteiger partial charge in [-0.15, -0.1) is 0 Å². The van der Waals surface area contributed by atoms with Crippen molar-refractivity contribution in [3.8, 4) is 17.3 Å². The van der Waals surface area contributed by atoms with Crippen molar-refractivity contribution in [1.82, 2.24) is 24.6 Å². The number of fused-ring (bicyclic) bond motifs is 1. The number of aryl methyl sites for hydroxylation is 1. The highest BCUT2D eigenvalue weighted by atomic mass is 35.5. The van der Waals surface area contributed by atoms with Crippen molar-refractivity contribution in [3.63, 3.8) is 0 Å². The number of aromatic nitrogens is 4. The number of rotatable bonds is 12. The molecule has 0 atom stereocenters. The van der Waals surface area contributed by atoms with E-state index in [2.05, 4.69) is 20.3 Å². The Kier molecular flexibility index (Phi) is 9.08. The van der Waals surface area contributed by atoms with Crippen molar-refractivity contribution in [2.45, 2.75) is 6.92 Å². The first-order valence-corrected chi connectivity index (χ1v) is 12.9. The zero-order chi connectivity index (χ0) is 28.8. The minimum absolute atomic E-state index is 0.366. The van der Waals surface area contributed by atoms with Crippen LogP contribution in [0.1, 0.15) is 5.69 Å². The number of hydrogen-bond donors (Lipinski definition) is 2. The number of carbonyl (C=O) groups is 1. The summed E-state index contributed by atoms with van der Waals surface area (Å²) in [5.74, 6) is 2.29. The Morgan fingerprint density at radius 2 is 1.95 bits per heavy atom. The minimum Gasteiger partial charge on any atom is -0.497 e. The molecule has 0 amide bonds. The van der Waals surface area contributed by atoms with E-state index in [1.165, 1.54) is 6.08 Å². The van der Waals surface area contributed by atoms with Crippen LogP contribution in [0, 0.1) is 6.92 Å². The molecule has 12 heteroatoms. The fourth-order valence-electron chi connectivity index (χ4n) is 4.24. The van der Waals surface area contributed by atoms with E-state index in [1.807, 2.05) is 50.2 Å². The first-order valence-electron chi connectivity index (χ1n) is 12.6. The van der Waals surface area contributed by atoms with E-state index in [9.17, 15) is 4.79 Å². The number of anilines is 4. The van der Waals surface area contributed by atoms with Gasteiger partial charge < -0.3 is 30.3 Å². The average Bonchev–Trinajstić information content (AvgIpc) is 3.27. The summed E-state index contributed by atoms with van der Waals surface area (Å²) in [6, 6.07) is 11.3. The fourth-order valence-corrected chi connectivity index (χ4v) is 4.33. The highest BCUT2D eigenvalue weighted by molar-refractivity contribution is 6.66. The van der Waals surface area contributed by atoms with Crippen LogP contribution in [0.3, 0.4) is 0 Å².